The maximum Gasteiger partial charge on any atom is 0.226 e. The Bertz CT molecular complexity index is 435. The molecule has 1 aliphatic heterocycles. The summed E-state index contributed by atoms with van der Waals surface area (Å²) in [5.74, 6) is -0.325. The summed E-state index contributed by atoms with van der Waals surface area (Å²) in [5, 5.41) is 6.25. The van der Waals surface area contributed by atoms with E-state index in [0.29, 0.717) is 5.02 Å². The fraction of sp³-hybridized carbons (Fsp3) is 0.417. The van der Waals surface area contributed by atoms with Crippen LogP contribution in [-0.4, -0.2) is 19.0 Å². The van der Waals surface area contributed by atoms with Crippen molar-refractivity contribution in [2.45, 2.75) is 13.0 Å². The lowest BCUT2D eigenvalue weighted by Gasteiger charge is -2.27. The van der Waals surface area contributed by atoms with E-state index >= 15 is 0 Å². The van der Waals surface area contributed by atoms with E-state index < -0.39 is 0 Å². The Balaban J connectivity index is 2.03. The van der Waals surface area contributed by atoms with Gasteiger partial charge < -0.3 is 10.6 Å². The van der Waals surface area contributed by atoms with Crippen molar-refractivity contribution in [1.29, 1.82) is 0 Å². The van der Waals surface area contributed by atoms with E-state index in [9.17, 15) is 9.18 Å². The highest BCUT2D eigenvalue weighted by Crippen LogP contribution is 2.24. The summed E-state index contributed by atoms with van der Waals surface area (Å²) in [7, 11) is 0. The van der Waals surface area contributed by atoms with E-state index in [-0.39, 0.29) is 23.7 Å². The molecule has 2 rings (SSSR count). The molecule has 1 saturated heterocycles. The molecule has 0 aliphatic carbocycles. The Morgan fingerprint density at radius 1 is 1.59 bits per heavy atom. The molecule has 1 heterocycles. The maximum absolute atomic E-state index is 12.9. The highest BCUT2D eigenvalue weighted by molar-refractivity contribution is 6.31. The van der Waals surface area contributed by atoms with Gasteiger partial charge in [0.2, 0.25) is 5.91 Å². The minimum absolute atomic E-state index is 0.0108. The average molecular weight is 257 g/mol. The lowest BCUT2D eigenvalue weighted by Crippen LogP contribution is -2.51. The van der Waals surface area contributed by atoms with Crippen molar-refractivity contribution in [2.24, 2.45) is 5.92 Å². The monoisotopic (exact) mass is 256 g/mol. The van der Waals surface area contributed by atoms with Crippen LogP contribution >= 0.6 is 11.6 Å². The van der Waals surface area contributed by atoms with Crippen LogP contribution in [0.4, 0.5) is 4.39 Å². The molecule has 1 unspecified atom stereocenters. The van der Waals surface area contributed by atoms with Crippen molar-refractivity contribution >= 4 is 17.5 Å². The van der Waals surface area contributed by atoms with Crippen LogP contribution in [0.25, 0.3) is 0 Å². The molecule has 1 aliphatic rings. The van der Waals surface area contributed by atoms with Gasteiger partial charge in [0.25, 0.3) is 0 Å². The Kier molecular flexibility index (Phi) is 3.64. The Morgan fingerprint density at radius 2 is 2.29 bits per heavy atom. The van der Waals surface area contributed by atoms with Gasteiger partial charge in [-0.15, -0.1) is 0 Å². The molecule has 0 aromatic heterocycles. The first-order valence-electron chi connectivity index (χ1n) is 5.54. The summed E-state index contributed by atoms with van der Waals surface area (Å²) < 4.78 is 12.9. The third-order valence-corrected chi connectivity index (χ3v) is 3.27. The minimum atomic E-state index is -0.375. The zero-order valence-corrected chi connectivity index (χ0v) is 10.2. The van der Waals surface area contributed by atoms with E-state index in [4.69, 9.17) is 11.6 Å². The minimum Gasteiger partial charge on any atom is -0.349 e. The predicted molar refractivity (Wildman–Crippen MR) is 64.3 cm³/mol. The van der Waals surface area contributed by atoms with Crippen molar-refractivity contribution in [3.63, 3.8) is 0 Å². The van der Waals surface area contributed by atoms with Crippen molar-refractivity contribution in [3.05, 3.63) is 34.6 Å². The molecule has 2 N–H and O–H groups in total. The maximum atomic E-state index is 12.9. The lowest BCUT2D eigenvalue weighted by atomic mass is 10.0. The molecule has 1 atom stereocenters. The molecule has 5 heteroatoms. The predicted octanol–water partition coefficient (Wildman–Crippen LogP) is 1.88. The highest BCUT2D eigenvalue weighted by Gasteiger charge is 2.26. The van der Waals surface area contributed by atoms with E-state index in [1.165, 1.54) is 12.1 Å². The normalized spacial score (nSPS) is 17.4. The number of amides is 1. The van der Waals surface area contributed by atoms with E-state index in [1.807, 2.05) is 6.92 Å². The molecule has 0 spiro atoms. The highest BCUT2D eigenvalue weighted by atomic mass is 35.5. The van der Waals surface area contributed by atoms with E-state index in [1.54, 1.807) is 6.07 Å². The fourth-order valence-electron chi connectivity index (χ4n) is 1.74. The zero-order valence-electron chi connectivity index (χ0n) is 9.47. The van der Waals surface area contributed by atoms with Gasteiger partial charge in [-0.3, -0.25) is 4.79 Å². The molecule has 1 aromatic rings. The van der Waals surface area contributed by atoms with Crippen LogP contribution in [0.2, 0.25) is 5.02 Å². The quantitative estimate of drug-likeness (QED) is 0.867. The molecule has 1 amide bonds. The molecule has 0 saturated carbocycles. The van der Waals surface area contributed by atoms with E-state index in [0.717, 1.165) is 18.7 Å². The summed E-state index contributed by atoms with van der Waals surface area (Å²) in [6, 6.07) is 3.98. The van der Waals surface area contributed by atoms with Crippen LogP contribution in [0.5, 0.6) is 0 Å². The van der Waals surface area contributed by atoms with Crippen LogP contribution in [0.3, 0.4) is 0 Å². The Morgan fingerprint density at radius 3 is 2.82 bits per heavy atom. The first-order chi connectivity index (χ1) is 8.08. The number of hydrogen-bond acceptors (Lipinski definition) is 2. The fourth-order valence-corrected chi connectivity index (χ4v) is 2.07. The van der Waals surface area contributed by atoms with Gasteiger partial charge >= 0.3 is 0 Å². The van der Waals surface area contributed by atoms with Crippen LogP contribution in [0.15, 0.2) is 18.2 Å². The zero-order chi connectivity index (χ0) is 12.4. The topological polar surface area (TPSA) is 41.1 Å². The van der Waals surface area contributed by atoms with Crippen LogP contribution in [-0.2, 0) is 4.79 Å². The van der Waals surface area contributed by atoms with Gasteiger partial charge in [-0.2, -0.15) is 0 Å². The smallest absolute Gasteiger partial charge is 0.226 e. The van der Waals surface area contributed by atoms with Crippen LogP contribution in [0.1, 0.15) is 18.5 Å². The molecule has 1 aromatic carbocycles. The molecule has 92 valence electrons. The second-order valence-electron chi connectivity index (χ2n) is 4.25. The van der Waals surface area contributed by atoms with Crippen LogP contribution < -0.4 is 10.6 Å². The molecule has 0 bridgehead atoms. The Labute approximate surface area is 104 Å². The van der Waals surface area contributed by atoms with Gasteiger partial charge in [0.15, 0.2) is 0 Å². The molecular weight excluding hydrogens is 243 g/mol. The van der Waals surface area contributed by atoms with Gasteiger partial charge in [0.1, 0.15) is 5.82 Å². The average Bonchev–Trinajstić information content (AvgIpc) is 2.13. The SMILES string of the molecule is CC(NC(=O)C1CNC1)c1ccc(F)cc1Cl. The van der Waals surface area contributed by atoms with Crippen molar-refractivity contribution in [1.82, 2.24) is 10.6 Å². The van der Waals surface area contributed by atoms with Crippen molar-refractivity contribution in [3.8, 4) is 0 Å². The number of benzene rings is 1. The van der Waals surface area contributed by atoms with Gasteiger partial charge in [-0.25, -0.2) is 4.39 Å². The van der Waals surface area contributed by atoms with E-state index in [2.05, 4.69) is 10.6 Å². The molecule has 1 fully saturated rings. The number of nitrogens with one attached hydrogen (secondary N) is 2. The number of halogens is 2. The number of carbonyl (C=O) groups is 1. The van der Waals surface area contributed by atoms with Gasteiger partial charge in [0.05, 0.1) is 12.0 Å². The third kappa shape index (κ3) is 2.76. The first kappa shape index (κ1) is 12.3. The molecule has 3 nitrogen and oxygen atoms in total. The molecule has 0 radical (unpaired) electrons. The van der Waals surface area contributed by atoms with Gasteiger partial charge in [-0.05, 0) is 24.6 Å². The second-order valence-corrected chi connectivity index (χ2v) is 4.66. The summed E-state index contributed by atoms with van der Waals surface area (Å²) in [6.07, 6.45) is 0. The standard InChI is InChI=1S/C12H14ClFN2O/c1-7(16-12(17)8-5-15-6-8)10-3-2-9(14)4-11(10)13/h2-4,7-8,15H,5-6H2,1H3,(H,16,17). The molecular formula is C12H14ClFN2O. The summed E-state index contributed by atoms with van der Waals surface area (Å²) in [4.78, 5) is 11.7. The van der Waals surface area contributed by atoms with Gasteiger partial charge in [0, 0.05) is 18.1 Å². The van der Waals surface area contributed by atoms with Crippen molar-refractivity contribution in [2.75, 3.05) is 13.1 Å². The summed E-state index contributed by atoms with van der Waals surface area (Å²) in [6.45, 7) is 3.27. The van der Waals surface area contributed by atoms with Crippen molar-refractivity contribution < 1.29 is 9.18 Å². The summed E-state index contributed by atoms with van der Waals surface area (Å²) in [5.41, 5.74) is 0.730. The summed E-state index contributed by atoms with van der Waals surface area (Å²) >= 11 is 5.93. The second kappa shape index (κ2) is 5.02. The van der Waals surface area contributed by atoms with Gasteiger partial charge in [-0.1, -0.05) is 17.7 Å². The lowest BCUT2D eigenvalue weighted by molar-refractivity contribution is -0.127. The largest absolute Gasteiger partial charge is 0.349 e. The third-order valence-electron chi connectivity index (χ3n) is 2.94. The van der Waals surface area contributed by atoms with Crippen LogP contribution in [0, 0.1) is 11.7 Å². The first-order valence-corrected chi connectivity index (χ1v) is 5.92. The Hall–Kier alpha value is -1.13. The number of carbonyl (C=O) groups excluding carboxylic acids is 1. The molecule has 17 heavy (non-hydrogen) atoms. The number of hydrogen-bond donors (Lipinski definition) is 2. The number of rotatable bonds is 3.